The highest BCUT2D eigenvalue weighted by molar-refractivity contribution is 7.52. The fourth-order valence-corrected chi connectivity index (χ4v) is 11.2. The molecule has 3 aromatic carbocycles. The second-order valence-electron chi connectivity index (χ2n) is 18.8. The van der Waals surface area contributed by atoms with Crippen molar-refractivity contribution in [2.45, 2.75) is 96.1 Å². The number of likely N-dealkylation sites (tertiary alicyclic amines) is 1. The summed E-state index contributed by atoms with van der Waals surface area (Å²) >= 11 is 2.50. The molecule has 21 heteroatoms. The maximum atomic E-state index is 14.7. The first-order chi connectivity index (χ1) is 33.6. The predicted octanol–water partition coefficient (Wildman–Crippen LogP) is 6.61. The second kappa shape index (κ2) is 20.4. The molecule has 0 aliphatic carbocycles. The molecule has 3 aliphatic rings. The summed E-state index contributed by atoms with van der Waals surface area (Å²) in [6.45, 7) is 6.01. The van der Waals surface area contributed by atoms with E-state index in [1.54, 1.807) is 39.0 Å². The smallest absolute Gasteiger partial charge is 0.356 e. The average molecular weight is 1030 g/mol. The quantitative estimate of drug-likeness (QED) is 0.0347. The lowest BCUT2D eigenvalue weighted by molar-refractivity contribution is -0.141. The number of amides is 7. The van der Waals surface area contributed by atoms with Crippen molar-refractivity contribution < 1.29 is 56.7 Å². The summed E-state index contributed by atoms with van der Waals surface area (Å²) in [5, 5.41) is 11.0. The van der Waals surface area contributed by atoms with E-state index in [1.165, 1.54) is 38.2 Å². The molecule has 0 spiro atoms. The first-order valence-electron chi connectivity index (χ1n) is 23.0. The van der Waals surface area contributed by atoms with Crippen LogP contribution in [-0.4, -0.2) is 98.7 Å². The number of carbonyl (C=O) groups excluding carboxylic acids is 7. The number of carbonyl (C=O) groups is 7. The monoisotopic (exact) mass is 1030 g/mol. The summed E-state index contributed by atoms with van der Waals surface area (Å²) in [5.41, 5.74) is -3.82. The summed E-state index contributed by atoms with van der Waals surface area (Å²) in [6, 6.07) is 14.3. The molecule has 8 rings (SSSR count). The molecule has 5 aromatic rings. The van der Waals surface area contributed by atoms with Crippen LogP contribution < -0.4 is 20.9 Å². The van der Waals surface area contributed by atoms with Crippen molar-refractivity contribution >= 4 is 97.5 Å². The van der Waals surface area contributed by atoms with Crippen LogP contribution in [-0.2, 0) is 40.7 Å². The molecule has 71 heavy (non-hydrogen) atoms. The zero-order chi connectivity index (χ0) is 51.0. The van der Waals surface area contributed by atoms with Crippen LogP contribution in [0.2, 0.25) is 0 Å². The van der Waals surface area contributed by atoms with E-state index in [-0.39, 0.29) is 66.9 Å². The van der Waals surface area contributed by atoms with Crippen molar-refractivity contribution in [2.24, 2.45) is 5.41 Å². The number of rotatable bonds is 14. The summed E-state index contributed by atoms with van der Waals surface area (Å²) < 4.78 is 42.0. The number of fused-ring (bicyclic) bond motifs is 3. The number of nitrogens with one attached hydrogen (secondary N) is 3. The van der Waals surface area contributed by atoms with E-state index in [9.17, 15) is 56.7 Å². The Labute approximate surface area is 415 Å². The van der Waals surface area contributed by atoms with Crippen LogP contribution in [0.15, 0.2) is 72.1 Å². The lowest BCUT2D eigenvalue weighted by atomic mass is 9.85. The van der Waals surface area contributed by atoms with Crippen molar-refractivity contribution in [3.63, 3.8) is 0 Å². The van der Waals surface area contributed by atoms with Crippen molar-refractivity contribution in [1.29, 1.82) is 0 Å². The number of anilines is 1. The van der Waals surface area contributed by atoms with E-state index in [2.05, 4.69) is 27.8 Å². The lowest BCUT2D eigenvalue weighted by Crippen LogP contribution is -2.58. The SMILES string of the molecule is CC(C)(C)[C@H](NC(=O)c1cc2cc(C(F)(F)P(=O)(O)O)ccc2s1)C(=O)N1CCC[C@H]1C(=O)N(CCC(=O)NCCCC#Cc1cccc2c1CN(C1CCC(=O)NC1=O)C2=O)c1ccc2sccc2c1. The van der Waals surface area contributed by atoms with Gasteiger partial charge in [0.25, 0.3) is 11.8 Å². The molecule has 3 atom stereocenters. The van der Waals surface area contributed by atoms with E-state index < -0.39 is 66.0 Å². The molecule has 2 saturated heterocycles. The maximum Gasteiger partial charge on any atom is 0.399 e. The van der Waals surface area contributed by atoms with E-state index in [4.69, 9.17) is 0 Å². The predicted molar refractivity (Wildman–Crippen MR) is 264 cm³/mol. The standard InChI is InChI=1S/C50H51F2N6O10PS2/c1-49(2,3)43(55-45(62)40-27-31-25-32(13-16-39(31)71-40)50(51,52)69(66,67)68)48(65)57-22-8-12-37(57)47(64)56(33-14-17-38-30(26-33)20-24-70-38)23-19-41(59)53-21-6-4-5-9-29-10-7-11-34-35(29)28-58(46(34)63)36-15-18-42(60)54-44(36)61/h7,10-11,13-14,16-17,20,24-27,36-37,43H,4,6,8,12,15,18-19,21-23,28H2,1-3H3,(H,53,59)(H,55,62)(H,54,60,61)(H2,66,67,68)/t36?,37-,43+/m0/s1. The van der Waals surface area contributed by atoms with Gasteiger partial charge in [-0.1, -0.05) is 44.7 Å². The molecule has 5 heterocycles. The highest BCUT2D eigenvalue weighted by Gasteiger charge is 2.50. The van der Waals surface area contributed by atoms with Crippen molar-refractivity contribution in [3.05, 3.63) is 99.2 Å². The lowest BCUT2D eigenvalue weighted by Gasteiger charge is -2.36. The third-order valence-corrected chi connectivity index (χ3v) is 15.8. The Morgan fingerprint density at radius 2 is 1.76 bits per heavy atom. The summed E-state index contributed by atoms with van der Waals surface area (Å²) in [6.07, 6.45) is 2.12. The summed E-state index contributed by atoms with van der Waals surface area (Å²) in [7, 11) is -5.83. The molecular weight excluding hydrogens is 978 g/mol. The van der Waals surface area contributed by atoms with Gasteiger partial charge < -0.3 is 35.1 Å². The van der Waals surface area contributed by atoms with Gasteiger partial charge in [-0.2, -0.15) is 8.78 Å². The summed E-state index contributed by atoms with van der Waals surface area (Å²) in [5.74, 6) is 3.24. The summed E-state index contributed by atoms with van der Waals surface area (Å²) in [4.78, 5) is 117. The zero-order valence-electron chi connectivity index (χ0n) is 39.0. The number of benzene rings is 3. The van der Waals surface area contributed by atoms with E-state index in [0.717, 1.165) is 39.1 Å². The Balaban J connectivity index is 0.905. The number of halogens is 2. The van der Waals surface area contributed by atoms with Gasteiger partial charge in [-0.3, -0.25) is 43.4 Å². The maximum absolute atomic E-state index is 14.7. The number of hydrogen-bond acceptors (Lipinski definition) is 10. The Morgan fingerprint density at radius 1 is 0.986 bits per heavy atom. The minimum Gasteiger partial charge on any atom is -0.356 e. The largest absolute Gasteiger partial charge is 0.399 e. The number of piperidine rings is 1. The number of hydrogen-bond donors (Lipinski definition) is 5. The molecule has 0 saturated carbocycles. The van der Waals surface area contributed by atoms with Crippen LogP contribution >= 0.6 is 30.3 Å². The molecule has 7 amide bonds. The Kier molecular flexibility index (Phi) is 14.7. The van der Waals surface area contributed by atoms with Crippen molar-refractivity contribution in [1.82, 2.24) is 25.8 Å². The first kappa shape index (κ1) is 51.0. The number of thiophene rings is 2. The van der Waals surface area contributed by atoms with Gasteiger partial charge in [0.1, 0.15) is 18.1 Å². The van der Waals surface area contributed by atoms with Crippen LogP contribution in [0.1, 0.15) is 102 Å². The van der Waals surface area contributed by atoms with E-state index in [0.29, 0.717) is 53.7 Å². The molecule has 1 unspecified atom stereocenters. The van der Waals surface area contributed by atoms with Crippen molar-refractivity contribution in [2.75, 3.05) is 24.5 Å². The molecule has 2 fully saturated rings. The van der Waals surface area contributed by atoms with Crippen molar-refractivity contribution in [3.8, 4) is 11.8 Å². The van der Waals surface area contributed by atoms with Gasteiger partial charge in [-0.05, 0) is 107 Å². The fraction of sp³-hybridized carbons (Fsp3) is 0.380. The van der Waals surface area contributed by atoms with Gasteiger partial charge in [0.2, 0.25) is 29.5 Å². The van der Waals surface area contributed by atoms with Gasteiger partial charge in [-0.25, -0.2) is 0 Å². The van der Waals surface area contributed by atoms with Crippen LogP contribution in [0.4, 0.5) is 14.5 Å². The first-order valence-corrected chi connectivity index (χ1v) is 26.3. The molecule has 0 bridgehead atoms. The highest BCUT2D eigenvalue weighted by atomic mass is 32.1. The van der Waals surface area contributed by atoms with Gasteiger partial charge in [0, 0.05) is 77.2 Å². The normalized spacial score (nSPS) is 17.7. The minimum absolute atomic E-state index is 0.000491. The molecule has 372 valence electrons. The fourth-order valence-electron chi connectivity index (χ4n) is 9.05. The third kappa shape index (κ3) is 10.8. The molecular formula is C50H51F2N6O10PS2. The van der Waals surface area contributed by atoms with Gasteiger partial charge in [-0.15, -0.1) is 22.7 Å². The Bertz CT molecular complexity index is 3100. The highest BCUT2D eigenvalue weighted by Crippen LogP contribution is 2.59. The van der Waals surface area contributed by atoms with E-state index >= 15 is 0 Å². The van der Waals surface area contributed by atoms with Gasteiger partial charge in [0.05, 0.1) is 4.88 Å². The van der Waals surface area contributed by atoms with E-state index in [1.807, 2.05) is 29.6 Å². The van der Waals surface area contributed by atoms with Gasteiger partial charge >= 0.3 is 13.3 Å². The van der Waals surface area contributed by atoms with Crippen LogP contribution in [0.5, 0.6) is 0 Å². The Hall–Kier alpha value is -6.36. The molecule has 2 aromatic heterocycles. The van der Waals surface area contributed by atoms with Crippen LogP contribution in [0.25, 0.3) is 20.2 Å². The molecule has 0 radical (unpaired) electrons. The number of alkyl halides is 2. The molecule has 3 aliphatic heterocycles. The van der Waals surface area contributed by atoms with Crippen LogP contribution in [0.3, 0.4) is 0 Å². The topological polar surface area (TPSA) is 223 Å². The molecule has 16 nitrogen and oxygen atoms in total. The second-order valence-corrected chi connectivity index (χ2v) is 22.5. The van der Waals surface area contributed by atoms with Crippen LogP contribution in [0, 0.1) is 17.3 Å². The average Bonchev–Trinajstić information content (AvgIpc) is 4.15. The Morgan fingerprint density at radius 3 is 2.51 bits per heavy atom. The number of unbranched alkanes of at least 4 members (excludes halogenated alkanes) is 1. The minimum atomic E-state index is -5.83. The third-order valence-electron chi connectivity index (χ3n) is 12.8. The van der Waals surface area contributed by atoms with Gasteiger partial charge in [0.15, 0.2) is 0 Å². The molecule has 5 N–H and O–H groups in total. The number of nitrogens with zero attached hydrogens (tertiary/aromatic N) is 3. The number of imide groups is 1. The zero-order valence-corrected chi connectivity index (χ0v) is 41.5.